The molecule has 0 saturated carbocycles. The normalized spacial score (nSPS) is 19.5. The summed E-state index contributed by atoms with van der Waals surface area (Å²) in [7, 11) is 0. The summed E-state index contributed by atoms with van der Waals surface area (Å²) >= 11 is 2.93. The molecule has 0 aromatic heterocycles. The summed E-state index contributed by atoms with van der Waals surface area (Å²) in [6, 6.07) is 0. The van der Waals surface area contributed by atoms with Gasteiger partial charge in [0.2, 0.25) is 0 Å². The first kappa shape index (κ1) is 10.8. The van der Waals surface area contributed by atoms with Gasteiger partial charge < -0.3 is 5.11 Å². The fourth-order valence-corrected chi connectivity index (χ4v) is 0.846. The van der Waals surface area contributed by atoms with Gasteiger partial charge in [0.1, 0.15) is 6.10 Å². The number of nitrogens with zero attached hydrogens (tertiary/aromatic N) is 1. The molecule has 0 radical (unpaired) electrons. The molecule has 0 aliphatic heterocycles. The zero-order valence-electron chi connectivity index (χ0n) is 6.74. The van der Waals surface area contributed by atoms with Crippen LogP contribution in [0.4, 0.5) is 0 Å². The van der Waals surface area contributed by atoms with Gasteiger partial charge in [-0.3, -0.25) is 10.1 Å². The van der Waals surface area contributed by atoms with E-state index in [0.29, 0.717) is 0 Å². The number of aliphatic hydroxyl groups excluding tert-OH is 1. The van der Waals surface area contributed by atoms with Gasteiger partial charge in [0.15, 0.2) is 0 Å². The van der Waals surface area contributed by atoms with Crippen LogP contribution in [0.15, 0.2) is 0 Å². The summed E-state index contributed by atoms with van der Waals surface area (Å²) in [4.78, 5) is 10.0. The van der Waals surface area contributed by atoms with Crippen LogP contribution in [0.3, 0.4) is 0 Å². The van der Waals surface area contributed by atoms with Crippen molar-refractivity contribution < 1.29 is 10.0 Å². The first-order valence-corrected chi connectivity index (χ1v) is 4.14. The highest BCUT2D eigenvalue weighted by molar-refractivity contribution is 9.10. The first-order chi connectivity index (χ1) is 4.83. The van der Waals surface area contributed by atoms with Gasteiger partial charge in [-0.25, -0.2) is 0 Å². The van der Waals surface area contributed by atoms with Gasteiger partial charge in [-0.1, -0.05) is 13.8 Å². The number of hydrogen-bond acceptors (Lipinski definition) is 3. The van der Waals surface area contributed by atoms with Crippen molar-refractivity contribution in [1.82, 2.24) is 0 Å². The Morgan fingerprint density at radius 2 is 1.91 bits per heavy atom. The molecular formula is C6H12BrNO3. The van der Waals surface area contributed by atoms with E-state index < -0.39 is 15.5 Å². The molecule has 0 aromatic rings. The third-order valence-electron chi connectivity index (χ3n) is 1.68. The van der Waals surface area contributed by atoms with E-state index >= 15 is 0 Å². The summed E-state index contributed by atoms with van der Waals surface area (Å²) in [6.45, 7) is 4.77. The summed E-state index contributed by atoms with van der Waals surface area (Å²) in [5.41, 5.74) is 0. The molecule has 0 aliphatic rings. The van der Waals surface area contributed by atoms with Crippen LogP contribution in [0.5, 0.6) is 0 Å². The smallest absolute Gasteiger partial charge is 0.301 e. The van der Waals surface area contributed by atoms with Crippen molar-refractivity contribution in [1.29, 1.82) is 0 Å². The molecule has 0 heterocycles. The number of rotatable bonds is 3. The van der Waals surface area contributed by atoms with E-state index in [1.54, 1.807) is 13.8 Å². The molecule has 66 valence electrons. The van der Waals surface area contributed by atoms with Crippen LogP contribution in [0.1, 0.15) is 20.8 Å². The topological polar surface area (TPSA) is 63.4 Å². The molecule has 5 heteroatoms. The number of hydrogen-bond donors (Lipinski definition) is 1. The van der Waals surface area contributed by atoms with E-state index in [1.807, 2.05) is 0 Å². The molecule has 0 aromatic carbocycles. The average Bonchev–Trinajstić information content (AvgIpc) is 1.84. The highest BCUT2D eigenvalue weighted by atomic mass is 79.9. The number of nitro groups is 1. The van der Waals surface area contributed by atoms with Crippen LogP contribution in [0, 0.1) is 16.0 Å². The van der Waals surface area contributed by atoms with Crippen LogP contribution in [-0.4, -0.2) is 20.6 Å². The van der Waals surface area contributed by atoms with Crippen LogP contribution in [-0.2, 0) is 0 Å². The Morgan fingerprint density at radius 1 is 1.55 bits per heavy atom. The van der Waals surface area contributed by atoms with Crippen molar-refractivity contribution in [3.63, 3.8) is 0 Å². The van der Waals surface area contributed by atoms with Crippen molar-refractivity contribution in [3.8, 4) is 0 Å². The molecule has 1 N–H and O–H groups in total. The molecule has 0 bridgehead atoms. The lowest BCUT2D eigenvalue weighted by Gasteiger charge is -2.24. The lowest BCUT2D eigenvalue weighted by Crippen LogP contribution is -2.46. The predicted molar refractivity (Wildman–Crippen MR) is 45.2 cm³/mol. The molecular weight excluding hydrogens is 214 g/mol. The monoisotopic (exact) mass is 225 g/mol. The molecule has 0 aliphatic carbocycles. The summed E-state index contributed by atoms with van der Waals surface area (Å²) in [5.74, 6) is -0.252. The fraction of sp³-hybridized carbons (Fsp3) is 1.00. The van der Waals surface area contributed by atoms with Gasteiger partial charge >= 0.3 is 4.45 Å². The number of alkyl halides is 1. The van der Waals surface area contributed by atoms with Crippen LogP contribution in [0.2, 0.25) is 0 Å². The van der Waals surface area contributed by atoms with Crippen LogP contribution >= 0.6 is 15.9 Å². The maximum absolute atomic E-state index is 10.5. The van der Waals surface area contributed by atoms with Gasteiger partial charge in [-0.15, -0.1) is 0 Å². The van der Waals surface area contributed by atoms with E-state index in [9.17, 15) is 10.1 Å². The highest BCUT2D eigenvalue weighted by Gasteiger charge is 2.48. The molecule has 0 saturated heterocycles. The molecule has 2 unspecified atom stereocenters. The quantitative estimate of drug-likeness (QED) is 0.342. The summed E-state index contributed by atoms with van der Waals surface area (Å²) < 4.78 is -1.41. The third-order valence-corrected chi connectivity index (χ3v) is 3.54. The van der Waals surface area contributed by atoms with Crippen molar-refractivity contribution in [2.75, 3.05) is 0 Å². The minimum absolute atomic E-state index is 0.252. The van der Waals surface area contributed by atoms with Gasteiger partial charge in [-0.05, 0) is 6.92 Å². The molecule has 0 fully saturated rings. The van der Waals surface area contributed by atoms with Crippen molar-refractivity contribution in [2.45, 2.75) is 31.3 Å². The van der Waals surface area contributed by atoms with Gasteiger partial charge in [0.05, 0.1) is 0 Å². The Kier molecular flexibility index (Phi) is 3.44. The van der Waals surface area contributed by atoms with E-state index in [2.05, 4.69) is 15.9 Å². The van der Waals surface area contributed by atoms with E-state index in [1.165, 1.54) is 6.92 Å². The second-order valence-corrected chi connectivity index (χ2v) is 4.09. The zero-order chi connectivity index (χ0) is 9.23. The lowest BCUT2D eigenvalue weighted by atomic mass is 10.0. The highest BCUT2D eigenvalue weighted by Crippen LogP contribution is 2.31. The number of aliphatic hydroxyl groups is 1. The van der Waals surface area contributed by atoms with Crippen molar-refractivity contribution >= 4 is 15.9 Å². The van der Waals surface area contributed by atoms with Crippen LogP contribution in [0.25, 0.3) is 0 Å². The Labute approximate surface area is 73.9 Å². The Balaban J connectivity index is 4.67. The Bertz CT molecular complexity index is 150. The maximum Gasteiger partial charge on any atom is 0.301 e. The third kappa shape index (κ3) is 1.90. The molecule has 0 spiro atoms. The molecule has 0 amide bonds. The van der Waals surface area contributed by atoms with Crippen molar-refractivity contribution in [3.05, 3.63) is 10.1 Å². The van der Waals surface area contributed by atoms with E-state index in [0.717, 1.165) is 0 Å². The summed E-state index contributed by atoms with van der Waals surface area (Å²) in [6.07, 6.45) is -1.00. The van der Waals surface area contributed by atoms with Crippen molar-refractivity contribution in [2.24, 2.45) is 5.92 Å². The second kappa shape index (κ2) is 3.49. The lowest BCUT2D eigenvalue weighted by molar-refractivity contribution is -0.555. The van der Waals surface area contributed by atoms with E-state index in [4.69, 9.17) is 5.11 Å². The number of halogens is 1. The minimum Gasteiger partial charge on any atom is -0.385 e. The molecule has 4 nitrogen and oxygen atoms in total. The largest absolute Gasteiger partial charge is 0.385 e. The van der Waals surface area contributed by atoms with Gasteiger partial charge in [0.25, 0.3) is 0 Å². The van der Waals surface area contributed by atoms with Crippen LogP contribution < -0.4 is 0 Å². The standard InChI is InChI=1S/C6H12BrNO3/c1-4(2)6(7,5(3)9)8(10)11/h4-5,9H,1-3H3. The zero-order valence-corrected chi connectivity index (χ0v) is 8.33. The average molecular weight is 226 g/mol. The molecule has 2 atom stereocenters. The maximum atomic E-state index is 10.5. The Morgan fingerprint density at radius 3 is 1.91 bits per heavy atom. The second-order valence-electron chi connectivity index (χ2n) is 2.82. The SMILES string of the molecule is CC(C)C(Br)(C(C)O)[N+](=O)[O-]. The Hall–Kier alpha value is -0.160. The fourth-order valence-electron chi connectivity index (χ4n) is 0.846. The summed E-state index contributed by atoms with van der Waals surface area (Å²) in [5, 5.41) is 19.6. The van der Waals surface area contributed by atoms with Gasteiger partial charge in [-0.2, -0.15) is 0 Å². The molecule has 11 heavy (non-hydrogen) atoms. The molecule has 0 rings (SSSR count). The van der Waals surface area contributed by atoms with E-state index in [-0.39, 0.29) is 5.92 Å². The minimum atomic E-state index is -1.41. The predicted octanol–water partition coefficient (Wildman–Crippen LogP) is 1.39. The first-order valence-electron chi connectivity index (χ1n) is 3.35. The van der Waals surface area contributed by atoms with Gasteiger partial charge in [0, 0.05) is 26.8 Å².